The first-order valence-electron chi connectivity index (χ1n) is 8.69. The van der Waals surface area contributed by atoms with Crippen LogP contribution in [-0.2, 0) is 9.59 Å². The number of para-hydroxylation sites is 1. The van der Waals surface area contributed by atoms with Gasteiger partial charge in [0.25, 0.3) is 0 Å². The highest BCUT2D eigenvalue weighted by atomic mass is 16.2. The normalized spacial score (nSPS) is 18.1. The third kappa shape index (κ3) is 6.22. The lowest BCUT2D eigenvalue weighted by Gasteiger charge is -2.34. The van der Waals surface area contributed by atoms with Gasteiger partial charge in [-0.05, 0) is 30.4 Å². The van der Waals surface area contributed by atoms with Gasteiger partial charge in [0.1, 0.15) is 0 Å². The second-order valence-corrected chi connectivity index (χ2v) is 7.70. The number of anilines is 1. The summed E-state index contributed by atoms with van der Waals surface area (Å²) in [5.74, 6) is -0.0661. The zero-order valence-corrected chi connectivity index (χ0v) is 15.0. The predicted octanol–water partition coefficient (Wildman–Crippen LogP) is 2.64. The number of nitrogens with zero attached hydrogens (tertiary/aromatic N) is 1. The Morgan fingerprint density at radius 2 is 1.92 bits per heavy atom. The molecule has 1 unspecified atom stereocenters. The van der Waals surface area contributed by atoms with E-state index in [4.69, 9.17) is 0 Å². The van der Waals surface area contributed by atoms with E-state index in [9.17, 15) is 9.59 Å². The Kier molecular flexibility index (Phi) is 6.23. The summed E-state index contributed by atoms with van der Waals surface area (Å²) in [4.78, 5) is 26.1. The van der Waals surface area contributed by atoms with E-state index in [1.54, 1.807) is 0 Å². The number of nitrogens with one attached hydrogen (secondary N) is 2. The largest absolute Gasteiger partial charge is 0.381 e. The summed E-state index contributed by atoms with van der Waals surface area (Å²) in [6, 6.07) is 10.3. The summed E-state index contributed by atoms with van der Waals surface area (Å²) < 4.78 is 0. The second kappa shape index (κ2) is 8.18. The summed E-state index contributed by atoms with van der Waals surface area (Å²) in [5.41, 5.74) is 1.01. The molecule has 2 rings (SSSR count). The first-order chi connectivity index (χ1) is 11.3. The van der Waals surface area contributed by atoms with Crippen molar-refractivity contribution in [1.82, 2.24) is 10.2 Å². The maximum absolute atomic E-state index is 12.3. The topological polar surface area (TPSA) is 61.4 Å². The monoisotopic (exact) mass is 331 g/mol. The number of amides is 2. The van der Waals surface area contributed by atoms with Gasteiger partial charge in [0.15, 0.2) is 0 Å². The van der Waals surface area contributed by atoms with Crippen molar-refractivity contribution >= 4 is 17.5 Å². The van der Waals surface area contributed by atoms with Crippen molar-refractivity contribution in [3.8, 4) is 0 Å². The molecule has 1 atom stereocenters. The number of likely N-dealkylation sites (tertiary alicyclic amines) is 1. The molecule has 2 N–H and O–H groups in total. The molecule has 1 fully saturated rings. The van der Waals surface area contributed by atoms with Gasteiger partial charge < -0.3 is 15.5 Å². The molecular formula is C19H29N3O2. The standard InChI is InChI=1S/C19H29N3O2/c1-19(2,3)12-17(23)20-13-18(24)22-11-7-10-16(14-22)21-15-8-5-4-6-9-15/h4-6,8-9,16,21H,7,10-14H2,1-3H3,(H,20,23). The van der Waals surface area contributed by atoms with Crippen molar-refractivity contribution in [1.29, 1.82) is 0 Å². The summed E-state index contributed by atoms with van der Waals surface area (Å²) >= 11 is 0. The summed E-state index contributed by atoms with van der Waals surface area (Å²) in [6.07, 6.45) is 2.46. The lowest BCUT2D eigenvalue weighted by atomic mass is 9.92. The Morgan fingerprint density at radius 3 is 2.58 bits per heavy atom. The number of benzene rings is 1. The van der Waals surface area contributed by atoms with Crippen LogP contribution in [-0.4, -0.2) is 42.4 Å². The van der Waals surface area contributed by atoms with Gasteiger partial charge in [0, 0.05) is 31.2 Å². The highest BCUT2D eigenvalue weighted by molar-refractivity contribution is 5.85. The van der Waals surface area contributed by atoms with Gasteiger partial charge >= 0.3 is 0 Å². The van der Waals surface area contributed by atoms with Gasteiger partial charge in [-0.2, -0.15) is 0 Å². The molecule has 0 aromatic heterocycles. The summed E-state index contributed by atoms with van der Waals surface area (Å²) in [6.45, 7) is 7.58. The molecule has 1 aliphatic heterocycles. The minimum Gasteiger partial charge on any atom is -0.381 e. The Balaban J connectivity index is 1.79. The quantitative estimate of drug-likeness (QED) is 0.872. The van der Waals surface area contributed by atoms with Crippen molar-refractivity contribution in [2.45, 2.75) is 46.1 Å². The van der Waals surface area contributed by atoms with Crippen LogP contribution in [0.25, 0.3) is 0 Å². The maximum atomic E-state index is 12.3. The number of carbonyl (C=O) groups excluding carboxylic acids is 2. The van der Waals surface area contributed by atoms with Gasteiger partial charge in [-0.1, -0.05) is 39.0 Å². The molecule has 2 amide bonds. The lowest BCUT2D eigenvalue weighted by molar-refractivity contribution is -0.134. The molecule has 0 bridgehead atoms. The second-order valence-electron chi connectivity index (χ2n) is 7.70. The molecule has 5 heteroatoms. The Labute approximate surface area is 144 Å². The van der Waals surface area contributed by atoms with Crippen LogP contribution in [0.15, 0.2) is 30.3 Å². The van der Waals surface area contributed by atoms with Crippen molar-refractivity contribution < 1.29 is 9.59 Å². The number of rotatable bonds is 5. The average Bonchev–Trinajstić information content (AvgIpc) is 2.52. The Hall–Kier alpha value is -2.04. The molecule has 0 saturated carbocycles. The van der Waals surface area contributed by atoms with Gasteiger partial charge in [-0.3, -0.25) is 9.59 Å². The van der Waals surface area contributed by atoms with Gasteiger partial charge in [0.2, 0.25) is 11.8 Å². The lowest BCUT2D eigenvalue weighted by Crippen LogP contribution is -2.48. The van der Waals surface area contributed by atoms with Gasteiger partial charge in [-0.15, -0.1) is 0 Å². The van der Waals surface area contributed by atoms with Crippen LogP contribution in [0.1, 0.15) is 40.0 Å². The van der Waals surface area contributed by atoms with E-state index in [1.807, 2.05) is 56.0 Å². The molecule has 1 aromatic rings. The zero-order chi connectivity index (χ0) is 17.6. The van der Waals surface area contributed by atoms with E-state index in [0.717, 1.165) is 25.1 Å². The molecular weight excluding hydrogens is 302 g/mol. The highest BCUT2D eigenvalue weighted by Gasteiger charge is 2.24. The van der Waals surface area contributed by atoms with Crippen LogP contribution in [0.5, 0.6) is 0 Å². The van der Waals surface area contributed by atoms with Gasteiger partial charge in [0.05, 0.1) is 6.54 Å². The van der Waals surface area contributed by atoms with Crippen molar-refractivity contribution in [2.75, 3.05) is 25.0 Å². The number of piperidine rings is 1. The number of hydrogen-bond donors (Lipinski definition) is 2. The fourth-order valence-electron chi connectivity index (χ4n) is 2.92. The molecule has 0 aliphatic carbocycles. The number of hydrogen-bond acceptors (Lipinski definition) is 3. The first-order valence-corrected chi connectivity index (χ1v) is 8.69. The first kappa shape index (κ1) is 18.3. The average molecular weight is 331 g/mol. The SMILES string of the molecule is CC(C)(C)CC(=O)NCC(=O)N1CCCC(Nc2ccccc2)C1. The molecule has 0 radical (unpaired) electrons. The van der Waals surface area contributed by atoms with Crippen LogP contribution in [0.4, 0.5) is 5.69 Å². The predicted molar refractivity (Wildman–Crippen MR) is 96.7 cm³/mol. The maximum Gasteiger partial charge on any atom is 0.242 e. The van der Waals surface area contributed by atoms with Crippen LogP contribution in [0.2, 0.25) is 0 Å². The van der Waals surface area contributed by atoms with E-state index < -0.39 is 0 Å². The third-order valence-corrected chi connectivity index (χ3v) is 4.05. The molecule has 0 spiro atoms. The molecule has 132 valence electrons. The fourth-order valence-corrected chi connectivity index (χ4v) is 2.92. The van der Waals surface area contributed by atoms with Crippen LogP contribution in [0, 0.1) is 5.41 Å². The van der Waals surface area contributed by atoms with E-state index in [0.29, 0.717) is 13.0 Å². The van der Waals surface area contributed by atoms with Crippen molar-refractivity contribution in [3.63, 3.8) is 0 Å². The number of carbonyl (C=O) groups is 2. The molecule has 1 heterocycles. The Morgan fingerprint density at radius 1 is 1.21 bits per heavy atom. The zero-order valence-electron chi connectivity index (χ0n) is 15.0. The van der Waals surface area contributed by atoms with Crippen molar-refractivity contribution in [2.24, 2.45) is 5.41 Å². The highest BCUT2D eigenvalue weighted by Crippen LogP contribution is 2.18. The van der Waals surface area contributed by atoms with Crippen LogP contribution < -0.4 is 10.6 Å². The molecule has 1 saturated heterocycles. The van der Waals surface area contributed by atoms with E-state index in [-0.39, 0.29) is 29.8 Å². The fraction of sp³-hybridized carbons (Fsp3) is 0.579. The molecule has 5 nitrogen and oxygen atoms in total. The molecule has 1 aliphatic rings. The Bertz CT molecular complexity index is 551. The van der Waals surface area contributed by atoms with Crippen molar-refractivity contribution in [3.05, 3.63) is 30.3 Å². The van der Waals surface area contributed by atoms with Crippen LogP contribution >= 0.6 is 0 Å². The van der Waals surface area contributed by atoms with Crippen LogP contribution in [0.3, 0.4) is 0 Å². The van der Waals surface area contributed by atoms with E-state index in [2.05, 4.69) is 10.6 Å². The minimum atomic E-state index is -0.0665. The smallest absolute Gasteiger partial charge is 0.242 e. The molecule has 24 heavy (non-hydrogen) atoms. The minimum absolute atomic E-state index is 0.00294. The molecule has 1 aromatic carbocycles. The summed E-state index contributed by atoms with van der Waals surface area (Å²) in [7, 11) is 0. The third-order valence-electron chi connectivity index (χ3n) is 4.05. The van der Waals surface area contributed by atoms with E-state index >= 15 is 0 Å². The summed E-state index contributed by atoms with van der Waals surface area (Å²) in [5, 5.41) is 6.23. The van der Waals surface area contributed by atoms with Gasteiger partial charge in [-0.25, -0.2) is 0 Å². The van der Waals surface area contributed by atoms with E-state index in [1.165, 1.54) is 0 Å².